The van der Waals surface area contributed by atoms with E-state index in [1.807, 2.05) is 52.6 Å². The lowest BCUT2D eigenvalue weighted by atomic mass is 10.0. The third kappa shape index (κ3) is 9.02. The summed E-state index contributed by atoms with van der Waals surface area (Å²) in [5.41, 5.74) is 3.36. The lowest BCUT2D eigenvalue weighted by Gasteiger charge is -2.22. The quantitative estimate of drug-likeness (QED) is 0.173. The van der Waals surface area contributed by atoms with Gasteiger partial charge in [-0.15, -0.1) is 11.3 Å². The molecule has 4 rings (SSSR count). The second-order valence-corrected chi connectivity index (χ2v) is 11.5. The van der Waals surface area contributed by atoms with Gasteiger partial charge in [0.25, 0.3) is 0 Å². The normalized spacial score (nSPS) is 12.7. The van der Waals surface area contributed by atoms with Crippen molar-refractivity contribution in [2.45, 2.75) is 24.9 Å². The number of carbonyl (C=O) groups excluding carboxylic acids is 2. The lowest BCUT2D eigenvalue weighted by Crippen LogP contribution is -2.49. The summed E-state index contributed by atoms with van der Waals surface area (Å²) in [4.78, 5) is 30.4. The number of anilines is 1. The summed E-state index contributed by atoms with van der Waals surface area (Å²) >= 11 is 7.39. The highest BCUT2D eigenvalue weighted by Gasteiger charge is 2.26. The van der Waals surface area contributed by atoms with Gasteiger partial charge in [0, 0.05) is 22.4 Å². The number of ether oxygens (including phenoxy) is 1. The molecule has 0 bridgehead atoms. The number of nitrogens with one attached hydrogen (secondary N) is 3. The summed E-state index contributed by atoms with van der Waals surface area (Å²) in [6, 6.07) is 21.3. The molecule has 3 aromatic carbocycles. The monoisotopic (exact) mass is 614 g/mol. The van der Waals surface area contributed by atoms with E-state index in [-0.39, 0.29) is 12.1 Å². The van der Waals surface area contributed by atoms with Crippen LogP contribution in [0.4, 0.5) is 10.5 Å². The number of thiazole rings is 1. The van der Waals surface area contributed by atoms with Gasteiger partial charge in [-0.25, -0.2) is 9.78 Å². The van der Waals surface area contributed by atoms with Gasteiger partial charge < -0.3 is 15.4 Å². The van der Waals surface area contributed by atoms with Crippen LogP contribution in [-0.2, 0) is 32.7 Å². The Bertz CT molecular complexity index is 1580. The number of benzene rings is 3. The van der Waals surface area contributed by atoms with Gasteiger partial charge >= 0.3 is 16.4 Å². The average molecular weight is 615 g/mol. The average Bonchev–Trinajstić information content (AvgIpc) is 3.44. The zero-order chi connectivity index (χ0) is 29.4. The SMILES string of the molecule is COC(=O)NC(Cc1ccccc1)C(=O)NC(Cc1ccc(NS(=O)(=O)O)cc1)c1nc(-c2ccc(Cl)cc2)cs1. The fraction of sp³-hybridized carbons (Fsp3) is 0.179. The predicted molar refractivity (Wildman–Crippen MR) is 158 cm³/mol. The Hall–Kier alpha value is -3.97. The summed E-state index contributed by atoms with van der Waals surface area (Å²) in [5, 5.41) is 8.74. The predicted octanol–water partition coefficient (Wildman–Crippen LogP) is 5.05. The van der Waals surface area contributed by atoms with Gasteiger partial charge in [0.1, 0.15) is 11.0 Å². The number of nitrogens with zero attached hydrogens (tertiary/aromatic N) is 1. The van der Waals surface area contributed by atoms with E-state index < -0.39 is 34.4 Å². The molecule has 2 atom stereocenters. The van der Waals surface area contributed by atoms with E-state index in [1.165, 1.54) is 30.6 Å². The molecule has 10 nitrogen and oxygen atoms in total. The van der Waals surface area contributed by atoms with Crippen molar-refractivity contribution in [2.24, 2.45) is 0 Å². The molecular weight excluding hydrogens is 588 g/mol. The third-order valence-corrected chi connectivity index (χ3v) is 7.70. The van der Waals surface area contributed by atoms with Crippen LogP contribution in [0, 0.1) is 0 Å². The van der Waals surface area contributed by atoms with Crippen LogP contribution < -0.4 is 15.4 Å². The van der Waals surface area contributed by atoms with E-state index in [9.17, 15) is 18.0 Å². The zero-order valence-corrected chi connectivity index (χ0v) is 24.2. The maximum Gasteiger partial charge on any atom is 0.407 e. The molecule has 1 aromatic heterocycles. The number of aromatic nitrogens is 1. The Balaban J connectivity index is 1.61. The molecular formula is C28H27ClN4O6S2. The number of methoxy groups -OCH3 is 1. The summed E-state index contributed by atoms with van der Waals surface area (Å²) in [6.07, 6.45) is -0.195. The van der Waals surface area contributed by atoms with Gasteiger partial charge in [-0.3, -0.25) is 14.1 Å². The smallest absolute Gasteiger partial charge is 0.407 e. The first-order chi connectivity index (χ1) is 19.6. The molecule has 2 amide bonds. The van der Waals surface area contributed by atoms with Gasteiger partial charge in [0.2, 0.25) is 5.91 Å². The van der Waals surface area contributed by atoms with Crippen molar-refractivity contribution in [2.75, 3.05) is 11.8 Å². The molecule has 0 aliphatic rings. The molecule has 0 saturated heterocycles. The molecule has 0 fully saturated rings. The van der Waals surface area contributed by atoms with Gasteiger partial charge in [-0.2, -0.15) is 8.42 Å². The van der Waals surface area contributed by atoms with Gasteiger partial charge in [-0.1, -0.05) is 66.2 Å². The number of carbonyl (C=O) groups is 2. The number of amides is 2. The van der Waals surface area contributed by atoms with Crippen molar-refractivity contribution >= 4 is 50.9 Å². The van der Waals surface area contributed by atoms with E-state index in [2.05, 4.69) is 10.6 Å². The topological polar surface area (TPSA) is 147 Å². The maximum absolute atomic E-state index is 13.6. The Morgan fingerprint density at radius 3 is 2.24 bits per heavy atom. The molecule has 4 aromatic rings. The van der Waals surface area contributed by atoms with Crippen LogP contribution in [-0.4, -0.2) is 43.1 Å². The molecule has 4 N–H and O–H groups in total. The van der Waals surface area contributed by atoms with E-state index in [1.54, 1.807) is 24.3 Å². The summed E-state index contributed by atoms with van der Waals surface area (Å²) in [5.74, 6) is -0.433. The van der Waals surface area contributed by atoms with Crippen molar-refractivity contribution in [1.82, 2.24) is 15.6 Å². The van der Waals surface area contributed by atoms with Crippen LogP contribution in [0.3, 0.4) is 0 Å². The molecule has 0 radical (unpaired) electrons. The number of hydrogen-bond acceptors (Lipinski definition) is 7. The summed E-state index contributed by atoms with van der Waals surface area (Å²) < 4.78 is 38.1. The first-order valence-corrected chi connectivity index (χ1v) is 15.0. The third-order valence-electron chi connectivity index (χ3n) is 5.99. The summed E-state index contributed by atoms with van der Waals surface area (Å²) in [7, 11) is -3.19. The highest BCUT2D eigenvalue weighted by Crippen LogP contribution is 2.29. The van der Waals surface area contributed by atoms with Crippen LogP contribution in [0.1, 0.15) is 22.2 Å². The Kier molecular flexibility index (Phi) is 9.95. The van der Waals surface area contributed by atoms with Crippen LogP contribution in [0.5, 0.6) is 0 Å². The minimum atomic E-state index is -4.41. The van der Waals surface area contributed by atoms with Crippen LogP contribution in [0.2, 0.25) is 5.02 Å². The van der Waals surface area contributed by atoms with Crippen LogP contribution in [0.25, 0.3) is 11.3 Å². The fourth-order valence-electron chi connectivity index (χ4n) is 4.03. The minimum absolute atomic E-state index is 0.182. The Morgan fingerprint density at radius 1 is 0.951 bits per heavy atom. The molecule has 0 spiro atoms. The molecule has 1 heterocycles. The number of alkyl carbamates (subject to hydrolysis) is 1. The second kappa shape index (κ2) is 13.6. The molecule has 214 valence electrons. The van der Waals surface area contributed by atoms with E-state index in [4.69, 9.17) is 25.9 Å². The molecule has 2 unspecified atom stereocenters. The zero-order valence-electron chi connectivity index (χ0n) is 21.8. The molecule has 0 aliphatic heterocycles. The van der Waals surface area contributed by atoms with Crippen molar-refractivity contribution in [3.63, 3.8) is 0 Å². The van der Waals surface area contributed by atoms with Crippen molar-refractivity contribution in [3.05, 3.63) is 105 Å². The van der Waals surface area contributed by atoms with Crippen LogP contribution in [0.15, 0.2) is 84.2 Å². The van der Waals surface area contributed by atoms with E-state index in [0.717, 1.165) is 16.7 Å². The van der Waals surface area contributed by atoms with Gasteiger partial charge in [0.15, 0.2) is 0 Å². The highest BCUT2D eigenvalue weighted by molar-refractivity contribution is 7.87. The summed E-state index contributed by atoms with van der Waals surface area (Å²) in [6.45, 7) is 0. The van der Waals surface area contributed by atoms with Crippen LogP contribution >= 0.6 is 22.9 Å². The van der Waals surface area contributed by atoms with Gasteiger partial charge in [0.05, 0.1) is 24.5 Å². The van der Waals surface area contributed by atoms with Crippen molar-refractivity contribution in [1.29, 1.82) is 0 Å². The first-order valence-electron chi connectivity index (χ1n) is 12.3. The molecule has 41 heavy (non-hydrogen) atoms. The molecule has 0 aliphatic carbocycles. The first kappa shape index (κ1) is 30.0. The highest BCUT2D eigenvalue weighted by atomic mass is 35.5. The van der Waals surface area contributed by atoms with Crippen molar-refractivity contribution < 1.29 is 27.3 Å². The molecule has 13 heteroatoms. The van der Waals surface area contributed by atoms with E-state index in [0.29, 0.717) is 22.1 Å². The van der Waals surface area contributed by atoms with Crippen molar-refractivity contribution in [3.8, 4) is 11.3 Å². The largest absolute Gasteiger partial charge is 0.453 e. The standard InChI is InChI=1S/C28H27ClN4O6S2/c1-39-28(35)32-23(15-18-5-3-2-4-6-18)26(34)30-24(16-19-7-13-22(14-8-19)33-41(36,37)38)27-31-25(17-40-27)20-9-11-21(29)12-10-20/h2-14,17,23-24,33H,15-16H2,1H3,(H,30,34)(H,32,35)(H,36,37,38). The number of hydrogen-bond donors (Lipinski definition) is 4. The lowest BCUT2D eigenvalue weighted by molar-refractivity contribution is -0.123. The number of rotatable bonds is 11. The fourth-order valence-corrected chi connectivity index (χ4v) is 5.47. The number of halogens is 1. The van der Waals surface area contributed by atoms with Gasteiger partial charge in [-0.05, 0) is 41.8 Å². The van der Waals surface area contributed by atoms with E-state index >= 15 is 0 Å². The maximum atomic E-state index is 13.6. The Labute approximate surface area is 246 Å². The second-order valence-electron chi connectivity index (χ2n) is 9.00. The molecule has 0 saturated carbocycles. The Morgan fingerprint density at radius 2 is 1.61 bits per heavy atom. The minimum Gasteiger partial charge on any atom is -0.453 e.